The van der Waals surface area contributed by atoms with Crippen LogP contribution in [0.4, 0.5) is 8.78 Å². The molecular formula is C23H34F2O2. The van der Waals surface area contributed by atoms with Gasteiger partial charge in [-0.1, -0.05) is 19.8 Å². The standard InChI is InChI=1S/C23H34F2O2/c1-15-3-5-17(6-4-15)18-7-9-19(10-8-18)22-11-13-23(14-12-22,27-16(2)26)21(25)20(22)24/h15,17-19H,3-14H2,1-2H3. The summed E-state index contributed by atoms with van der Waals surface area (Å²) in [6, 6.07) is 0. The van der Waals surface area contributed by atoms with Gasteiger partial charge in [0.05, 0.1) is 0 Å². The molecule has 0 amide bonds. The number of carbonyl (C=O) groups excluding carboxylic acids is 1. The van der Waals surface area contributed by atoms with Crippen LogP contribution in [0.3, 0.4) is 0 Å². The third-order valence-electron chi connectivity index (χ3n) is 8.60. The van der Waals surface area contributed by atoms with E-state index in [-0.39, 0.29) is 5.92 Å². The molecule has 0 atom stereocenters. The number of hydrogen-bond donors (Lipinski definition) is 0. The molecule has 5 aliphatic carbocycles. The number of esters is 1. The zero-order valence-electron chi connectivity index (χ0n) is 16.9. The lowest BCUT2D eigenvalue weighted by atomic mass is 9.53. The highest BCUT2D eigenvalue weighted by Crippen LogP contribution is 2.63. The molecule has 0 heterocycles. The lowest BCUT2D eigenvalue weighted by molar-refractivity contribution is -0.166. The van der Waals surface area contributed by atoms with Gasteiger partial charge in [0.15, 0.2) is 11.4 Å². The third-order valence-corrected chi connectivity index (χ3v) is 8.60. The highest BCUT2D eigenvalue weighted by atomic mass is 19.2. The molecule has 0 aromatic rings. The van der Waals surface area contributed by atoms with Crippen molar-refractivity contribution >= 4 is 5.97 Å². The predicted octanol–water partition coefficient (Wildman–Crippen LogP) is 6.65. The Balaban J connectivity index is 1.44. The molecule has 2 bridgehead atoms. The minimum atomic E-state index is -1.31. The molecule has 4 heteroatoms. The fraction of sp³-hybridized carbons (Fsp3) is 0.870. The van der Waals surface area contributed by atoms with Crippen LogP contribution in [0.15, 0.2) is 11.7 Å². The minimum absolute atomic E-state index is 0.248. The van der Waals surface area contributed by atoms with Crippen molar-refractivity contribution in [1.82, 2.24) is 0 Å². The maximum atomic E-state index is 15.2. The van der Waals surface area contributed by atoms with E-state index in [1.807, 2.05) is 0 Å². The number of carbonyl (C=O) groups is 1. The van der Waals surface area contributed by atoms with E-state index in [1.165, 1.54) is 45.4 Å². The average Bonchev–Trinajstić information content (AvgIpc) is 2.67. The zero-order chi connectivity index (χ0) is 19.2. The lowest BCUT2D eigenvalue weighted by Gasteiger charge is -2.54. The van der Waals surface area contributed by atoms with Gasteiger partial charge in [0, 0.05) is 12.3 Å². The van der Waals surface area contributed by atoms with Gasteiger partial charge >= 0.3 is 5.97 Å². The molecule has 2 nitrogen and oxygen atoms in total. The van der Waals surface area contributed by atoms with E-state index in [2.05, 4.69) is 6.92 Å². The van der Waals surface area contributed by atoms with Crippen molar-refractivity contribution in [3.63, 3.8) is 0 Å². The molecule has 27 heavy (non-hydrogen) atoms. The average molecular weight is 381 g/mol. The first-order valence-electron chi connectivity index (χ1n) is 11.1. The summed E-state index contributed by atoms with van der Waals surface area (Å²) in [6.45, 7) is 3.64. The Labute approximate surface area is 162 Å². The fourth-order valence-corrected chi connectivity index (χ4v) is 6.87. The summed E-state index contributed by atoms with van der Waals surface area (Å²) in [5.41, 5.74) is -1.94. The second kappa shape index (κ2) is 7.15. The van der Waals surface area contributed by atoms with Crippen LogP contribution in [-0.4, -0.2) is 11.6 Å². The summed E-state index contributed by atoms with van der Waals surface area (Å²) in [7, 11) is 0. The molecule has 0 aromatic heterocycles. The number of rotatable bonds is 3. The smallest absolute Gasteiger partial charge is 0.303 e. The molecule has 5 aliphatic rings. The molecule has 0 saturated heterocycles. The summed E-state index contributed by atoms with van der Waals surface area (Å²) < 4.78 is 35.4. The van der Waals surface area contributed by atoms with E-state index < -0.39 is 28.6 Å². The highest BCUT2D eigenvalue weighted by molar-refractivity contribution is 5.67. The van der Waals surface area contributed by atoms with Crippen LogP contribution in [0.5, 0.6) is 0 Å². The van der Waals surface area contributed by atoms with Crippen molar-refractivity contribution in [3.8, 4) is 0 Å². The van der Waals surface area contributed by atoms with E-state index in [9.17, 15) is 9.18 Å². The number of halogens is 2. The van der Waals surface area contributed by atoms with Crippen molar-refractivity contribution in [1.29, 1.82) is 0 Å². The van der Waals surface area contributed by atoms with E-state index >= 15 is 4.39 Å². The third kappa shape index (κ3) is 3.25. The van der Waals surface area contributed by atoms with Crippen molar-refractivity contribution in [3.05, 3.63) is 11.7 Å². The maximum Gasteiger partial charge on any atom is 0.303 e. The largest absolute Gasteiger partial charge is 0.452 e. The first-order chi connectivity index (χ1) is 12.9. The van der Waals surface area contributed by atoms with Crippen LogP contribution in [0.25, 0.3) is 0 Å². The maximum absolute atomic E-state index is 15.2. The Bertz CT molecular complexity index is 602. The Morgan fingerprint density at radius 3 is 1.89 bits per heavy atom. The van der Waals surface area contributed by atoms with Crippen LogP contribution in [0.2, 0.25) is 0 Å². The summed E-state index contributed by atoms with van der Waals surface area (Å²) in [4.78, 5) is 11.4. The number of allylic oxidation sites excluding steroid dienone is 1. The van der Waals surface area contributed by atoms with E-state index in [4.69, 9.17) is 4.74 Å². The van der Waals surface area contributed by atoms with Gasteiger partial charge in [0.25, 0.3) is 0 Å². The summed E-state index contributed by atoms with van der Waals surface area (Å²) in [5.74, 6) is 0.878. The Kier molecular flexibility index (Phi) is 5.13. The van der Waals surface area contributed by atoms with Crippen LogP contribution < -0.4 is 0 Å². The second-order valence-electron chi connectivity index (χ2n) is 10.0. The number of fused-ring (bicyclic) bond motifs is 2. The highest BCUT2D eigenvalue weighted by Gasteiger charge is 2.60. The first kappa shape index (κ1) is 19.4. The normalized spacial score (nSPS) is 45.0. The monoisotopic (exact) mass is 380 g/mol. The Morgan fingerprint density at radius 1 is 0.852 bits per heavy atom. The molecule has 0 radical (unpaired) electrons. The van der Waals surface area contributed by atoms with E-state index in [0.29, 0.717) is 25.7 Å². The molecule has 0 aliphatic heterocycles. The van der Waals surface area contributed by atoms with Gasteiger partial charge < -0.3 is 4.74 Å². The Morgan fingerprint density at radius 2 is 1.37 bits per heavy atom. The minimum Gasteiger partial charge on any atom is -0.452 e. The first-order valence-corrected chi connectivity index (χ1v) is 11.1. The fourth-order valence-electron chi connectivity index (χ4n) is 6.87. The molecule has 0 N–H and O–H groups in total. The van der Waals surface area contributed by atoms with E-state index in [0.717, 1.165) is 30.6 Å². The lowest BCUT2D eigenvalue weighted by Crippen LogP contribution is -2.52. The van der Waals surface area contributed by atoms with Crippen LogP contribution in [0, 0.1) is 29.1 Å². The van der Waals surface area contributed by atoms with Crippen molar-refractivity contribution in [2.45, 2.75) is 96.5 Å². The number of ether oxygens (including phenoxy) is 1. The molecule has 0 unspecified atom stereocenters. The van der Waals surface area contributed by atoms with Gasteiger partial charge in [-0.3, -0.25) is 4.79 Å². The summed E-state index contributed by atoms with van der Waals surface area (Å²) in [6.07, 6.45) is 11.9. The van der Waals surface area contributed by atoms with Crippen molar-refractivity contribution < 1.29 is 18.3 Å². The predicted molar refractivity (Wildman–Crippen MR) is 101 cm³/mol. The summed E-state index contributed by atoms with van der Waals surface area (Å²) >= 11 is 0. The molecular weight excluding hydrogens is 346 g/mol. The van der Waals surface area contributed by atoms with Gasteiger partial charge in [0.2, 0.25) is 0 Å². The van der Waals surface area contributed by atoms with Crippen LogP contribution in [-0.2, 0) is 9.53 Å². The van der Waals surface area contributed by atoms with Gasteiger partial charge in [-0.25, -0.2) is 8.78 Å². The zero-order valence-corrected chi connectivity index (χ0v) is 16.9. The van der Waals surface area contributed by atoms with Crippen LogP contribution >= 0.6 is 0 Å². The SMILES string of the molecule is CC(=O)OC12CCC(C3CCC(C4CCC(C)CC4)CC3)(CC1)C(F)=C2F. The Hall–Kier alpha value is -0.930. The van der Waals surface area contributed by atoms with Gasteiger partial charge in [0.1, 0.15) is 5.83 Å². The quantitative estimate of drug-likeness (QED) is 0.513. The molecule has 3 fully saturated rings. The van der Waals surface area contributed by atoms with Crippen molar-refractivity contribution in [2.75, 3.05) is 0 Å². The molecule has 0 aromatic carbocycles. The van der Waals surface area contributed by atoms with Crippen LogP contribution in [0.1, 0.15) is 90.9 Å². The van der Waals surface area contributed by atoms with Gasteiger partial charge in [-0.05, 0) is 87.9 Å². The topological polar surface area (TPSA) is 26.3 Å². The molecule has 3 saturated carbocycles. The van der Waals surface area contributed by atoms with E-state index in [1.54, 1.807) is 0 Å². The van der Waals surface area contributed by atoms with Gasteiger partial charge in [-0.2, -0.15) is 0 Å². The van der Waals surface area contributed by atoms with Gasteiger partial charge in [-0.15, -0.1) is 0 Å². The molecule has 5 rings (SSSR count). The molecule has 152 valence electrons. The second-order valence-corrected chi connectivity index (χ2v) is 10.0. The number of hydrogen-bond acceptors (Lipinski definition) is 2. The molecule has 0 spiro atoms. The summed E-state index contributed by atoms with van der Waals surface area (Å²) in [5, 5.41) is 0. The van der Waals surface area contributed by atoms with Crippen molar-refractivity contribution in [2.24, 2.45) is 29.1 Å².